The lowest BCUT2D eigenvalue weighted by molar-refractivity contribution is -0.280. The highest BCUT2D eigenvalue weighted by molar-refractivity contribution is 5.68. The highest BCUT2D eigenvalue weighted by Gasteiger charge is 2.51. The van der Waals surface area contributed by atoms with Gasteiger partial charge in [0.15, 0.2) is 12.2 Å². The van der Waals surface area contributed by atoms with Crippen LogP contribution in [0.3, 0.4) is 0 Å². The summed E-state index contributed by atoms with van der Waals surface area (Å²) in [6.07, 6.45) is -4.86. The molecule has 10 heteroatoms. The highest BCUT2D eigenvalue weighted by Crippen LogP contribution is 2.31. The minimum absolute atomic E-state index is 0.284. The maximum atomic E-state index is 13.1. The zero-order valence-electron chi connectivity index (χ0n) is 20.5. The number of halogens is 1. The summed E-state index contributed by atoms with van der Waals surface area (Å²) in [6, 6.07) is 12.8. The molecular weight excluding hydrogens is 475 g/mol. The molecule has 3 rings (SSSR count). The number of para-hydroxylation sites is 1. The quantitative estimate of drug-likeness (QED) is 0.375. The van der Waals surface area contributed by atoms with E-state index in [-0.39, 0.29) is 12.4 Å². The van der Waals surface area contributed by atoms with Gasteiger partial charge in [-0.15, -0.1) is 0 Å². The van der Waals surface area contributed by atoms with Crippen LogP contribution in [0.1, 0.15) is 33.3 Å². The summed E-state index contributed by atoms with van der Waals surface area (Å²) in [5.74, 6) is -1.32. The second-order valence-electron chi connectivity index (χ2n) is 8.21. The monoisotopic (exact) mass is 504 g/mol. The van der Waals surface area contributed by atoms with Crippen LogP contribution >= 0.6 is 0 Å². The third-order valence-electron chi connectivity index (χ3n) is 5.30. The molecule has 1 fully saturated rings. The molecule has 5 atom stereocenters. The summed E-state index contributed by atoms with van der Waals surface area (Å²) in [5, 5.41) is 0. The van der Waals surface area contributed by atoms with Crippen molar-refractivity contribution >= 4 is 17.9 Å². The summed E-state index contributed by atoms with van der Waals surface area (Å²) >= 11 is 0. The Labute approximate surface area is 208 Å². The van der Waals surface area contributed by atoms with Crippen LogP contribution in [0.25, 0.3) is 0 Å². The van der Waals surface area contributed by atoms with E-state index in [1.54, 1.807) is 19.1 Å². The minimum Gasteiger partial charge on any atom is -0.493 e. The van der Waals surface area contributed by atoms with E-state index in [1.165, 1.54) is 45.0 Å². The standard InChI is InChI=1S/C26H29FO9/c1-15-23(33-16(2)28)24(34-17(3)29)25(35-18(4)30)26(32-15)36-22-8-6-5-7-19(22)13-14-31-21-11-9-20(27)10-12-21/h5-12,15,23-26H,13-14H2,1-4H3/t15-,23-,24+,25+,26?/m0/s1. The molecule has 2 aromatic carbocycles. The van der Waals surface area contributed by atoms with E-state index in [9.17, 15) is 18.8 Å². The molecule has 0 radical (unpaired) electrons. The molecule has 2 aromatic rings. The maximum Gasteiger partial charge on any atom is 0.303 e. The Bertz CT molecular complexity index is 1060. The normalized spacial score (nSPS) is 23.3. The van der Waals surface area contributed by atoms with Gasteiger partial charge in [-0.25, -0.2) is 4.39 Å². The van der Waals surface area contributed by atoms with Crippen molar-refractivity contribution in [1.82, 2.24) is 0 Å². The number of esters is 3. The number of hydrogen-bond donors (Lipinski definition) is 0. The van der Waals surface area contributed by atoms with Gasteiger partial charge in [-0.3, -0.25) is 14.4 Å². The molecule has 0 aliphatic carbocycles. The smallest absolute Gasteiger partial charge is 0.303 e. The first-order valence-corrected chi connectivity index (χ1v) is 11.4. The zero-order chi connectivity index (χ0) is 26.2. The molecule has 0 amide bonds. The van der Waals surface area contributed by atoms with Crippen molar-refractivity contribution in [2.45, 2.75) is 64.8 Å². The lowest BCUT2D eigenvalue weighted by Gasteiger charge is -2.43. The second-order valence-corrected chi connectivity index (χ2v) is 8.21. The Balaban J connectivity index is 1.80. The van der Waals surface area contributed by atoms with Crippen molar-refractivity contribution in [3.8, 4) is 11.5 Å². The molecule has 0 saturated carbocycles. The fourth-order valence-corrected chi connectivity index (χ4v) is 3.82. The maximum absolute atomic E-state index is 13.1. The topological polar surface area (TPSA) is 107 Å². The Hall–Kier alpha value is -3.66. The number of hydrogen-bond acceptors (Lipinski definition) is 9. The Morgan fingerprint density at radius 1 is 0.833 bits per heavy atom. The van der Waals surface area contributed by atoms with Crippen LogP contribution in [-0.4, -0.2) is 55.2 Å². The first-order valence-electron chi connectivity index (χ1n) is 11.4. The van der Waals surface area contributed by atoms with Crippen LogP contribution in [-0.2, 0) is 39.8 Å². The van der Waals surface area contributed by atoms with Crippen LogP contribution in [0.2, 0.25) is 0 Å². The highest BCUT2D eigenvalue weighted by atomic mass is 19.1. The average molecular weight is 505 g/mol. The summed E-state index contributed by atoms with van der Waals surface area (Å²) < 4.78 is 47.0. The van der Waals surface area contributed by atoms with Crippen molar-refractivity contribution in [1.29, 1.82) is 0 Å². The minimum atomic E-state index is -1.21. The van der Waals surface area contributed by atoms with E-state index in [0.717, 1.165) is 5.56 Å². The molecule has 36 heavy (non-hydrogen) atoms. The predicted octanol–water partition coefficient (Wildman–Crippen LogP) is 3.37. The summed E-state index contributed by atoms with van der Waals surface area (Å²) in [4.78, 5) is 35.4. The Kier molecular flexibility index (Phi) is 9.24. The van der Waals surface area contributed by atoms with Gasteiger partial charge in [-0.1, -0.05) is 18.2 Å². The number of carbonyl (C=O) groups excluding carboxylic acids is 3. The molecule has 194 valence electrons. The third-order valence-corrected chi connectivity index (χ3v) is 5.30. The van der Waals surface area contributed by atoms with Crippen LogP contribution in [0.15, 0.2) is 48.5 Å². The first-order chi connectivity index (χ1) is 17.1. The molecule has 1 aliphatic rings. The molecule has 0 aromatic heterocycles. The molecule has 0 bridgehead atoms. The van der Waals surface area contributed by atoms with Gasteiger partial charge in [0, 0.05) is 27.2 Å². The van der Waals surface area contributed by atoms with E-state index >= 15 is 0 Å². The van der Waals surface area contributed by atoms with Gasteiger partial charge in [0.2, 0.25) is 12.4 Å². The van der Waals surface area contributed by atoms with Crippen molar-refractivity contribution in [2.24, 2.45) is 0 Å². The van der Waals surface area contributed by atoms with Crippen molar-refractivity contribution in [3.05, 3.63) is 59.9 Å². The number of benzene rings is 2. The summed E-state index contributed by atoms with van der Waals surface area (Å²) in [5.41, 5.74) is 0.767. The molecule has 9 nitrogen and oxygen atoms in total. The van der Waals surface area contributed by atoms with Crippen molar-refractivity contribution in [3.63, 3.8) is 0 Å². The second kappa shape index (κ2) is 12.3. The Morgan fingerprint density at radius 2 is 1.42 bits per heavy atom. The SMILES string of the molecule is CC(=O)O[C@@H]1[C@@H](OC(C)=O)[C@@H](OC(C)=O)C(Oc2ccccc2CCOc2ccc(F)cc2)O[C@H]1C. The third kappa shape index (κ3) is 7.42. The van der Waals surface area contributed by atoms with Crippen molar-refractivity contribution < 1.29 is 47.2 Å². The van der Waals surface area contributed by atoms with Gasteiger partial charge in [-0.2, -0.15) is 0 Å². The van der Waals surface area contributed by atoms with Crippen LogP contribution in [0.4, 0.5) is 4.39 Å². The molecule has 1 unspecified atom stereocenters. The lowest BCUT2D eigenvalue weighted by Crippen LogP contribution is -2.62. The molecule has 1 saturated heterocycles. The number of rotatable bonds is 9. The molecule has 0 N–H and O–H groups in total. The first kappa shape index (κ1) is 26.9. The van der Waals surface area contributed by atoms with Gasteiger partial charge < -0.3 is 28.4 Å². The van der Waals surface area contributed by atoms with Gasteiger partial charge in [0.25, 0.3) is 0 Å². The van der Waals surface area contributed by atoms with E-state index in [1.807, 2.05) is 12.1 Å². The van der Waals surface area contributed by atoms with E-state index < -0.39 is 48.6 Å². The average Bonchev–Trinajstić information content (AvgIpc) is 2.80. The molecular formula is C26H29FO9. The van der Waals surface area contributed by atoms with Crippen molar-refractivity contribution in [2.75, 3.05) is 6.61 Å². The molecule has 1 aliphatic heterocycles. The van der Waals surface area contributed by atoms with Gasteiger partial charge >= 0.3 is 17.9 Å². The van der Waals surface area contributed by atoms with Gasteiger partial charge in [-0.05, 0) is 42.8 Å². The lowest BCUT2D eigenvalue weighted by atomic mass is 9.98. The predicted molar refractivity (Wildman–Crippen MR) is 124 cm³/mol. The summed E-state index contributed by atoms with van der Waals surface area (Å²) in [7, 11) is 0. The zero-order valence-corrected chi connectivity index (χ0v) is 20.5. The van der Waals surface area contributed by atoms with E-state index in [0.29, 0.717) is 17.9 Å². The molecule has 1 heterocycles. The fraction of sp³-hybridized carbons (Fsp3) is 0.423. The van der Waals surface area contributed by atoms with Crippen LogP contribution in [0.5, 0.6) is 11.5 Å². The van der Waals surface area contributed by atoms with Crippen LogP contribution in [0, 0.1) is 5.82 Å². The number of ether oxygens (including phenoxy) is 6. The van der Waals surface area contributed by atoms with Gasteiger partial charge in [0.05, 0.1) is 12.7 Å². The Morgan fingerprint density at radius 3 is 2.06 bits per heavy atom. The number of carbonyl (C=O) groups is 3. The fourth-order valence-electron chi connectivity index (χ4n) is 3.82. The van der Waals surface area contributed by atoms with Crippen LogP contribution < -0.4 is 9.47 Å². The summed E-state index contributed by atoms with van der Waals surface area (Å²) in [6.45, 7) is 5.52. The molecule has 0 spiro atoms. The van der Waals surface area contributed by atoms with Gasteiger partial charge in [0.1, 0.15) is 17.3 Å². The van der Waals surface area contributed by atoms with E-state index in [4.69, 9.17) is 28.4 Å². The largest absolute Gasteiger partial charge is 0.493 e. The van der Waals surface area contributed by atoms with E-state index in [2.05, 4.69) is 0 Å².